The van der Waals surface area contributed by atoms with Gasteiger partial charge in [-0.25, -0.2) is 13.8 Å². The Morgan fingerprint density at radius 2 is 1.70 bits per heavy atom. The molecule has 0 atom stereocenters. The number of hydrogen-bond donors (Lipinski definition) is 2. The Hall–Kier alpha value is -3.28. The Balaban J connectivity index is 1.48. The van der Waals surface area contributed by atoms with Crippen LogP contribution in [0.15, 0.2) is 66.9 Å². The molecule has 138 valence electrons. The summed E-state index contributed by atoms with van der Waals surface area (Å²) in [5.74, 6) is -2.08. The average Bonchev–Trinajstić information content (AvgIpc) is 2.69. The number of benzene rings is 2. The molecule has 0 fully saturated rings. The van der Waals surface area contributed by atoms with Crippen molar-refractivity contribution in [1.29, 1.82) is 0 Å². The first-order valence-corrected chi connectivity index (χ1v) is 8.62. The van der Waals surface area contributed by atoms with Crippen molar-refractivity contribution in [3.63, 3.8) is 0 Å². The number of pyridine rings is 1. The van der Waals surface area contributed by atoms with E-state index >= 15 is 0 Å². The molecule has 0 aliphatic rings. The van der Waals surface area contributed by atoms with E-state index in [4.69, 9.17) is 0 Å². The van der Waals surface area contributed by atoms with Gasteiger partial charge in [-0.2, -0.15) is 0 Å². The van der Waals surface area contributed by atoms with Crippen LogP contribution in [0.3, 0.4) is 0 Å². The van der Waals surface area contributed by atoms with Gasteiger partial charge < -0.3 is 10.6 Å². The quantitative estimate of drug-likeness (QED) is 0.606. The molecule has 0 aliphatic carbocycles. The Morgan fingerprint density at radius 3 is 2.41 bits per heavy atom. The minimum absolute atomic E-state index is 0.248. The van der Waals surface area contributed by atoms with Crippen molar-refractivity contribution in [3.8, 4) is 0 Å². The summed E-state index contributed by atoms with van der Waals surface area (Å²) >= 11 is 0. The van der Waals surface area contributed by atoms with Crippen LogP contribution in [0.5, 0.6) is 0 Å². The fourth-order valence-electron chi connectivity index (χ4n) is 2.57. The number of rotatable bonds is 7. The van der Waals surface area contributed by atoms with Crippen molar-refractivity contribution < 1.29 is 13.6 Å². The van der Waals surface area contributed by atoms with Gasteiger partial charge in [-0.05, 0) is 42.7 Å². The maximum atomic E-state index is 13.2. The number of carbonyl (C=O) groups excluding carboxylic acids is 1. The lowest BCUT2D eigenvalue weighted by Gasteiger charge is -2.08. The molecule has 2 N–H and O–H groups in total. The van der Waals surface area contributed by atoms with Crippen LogP contribution in [0, 0.1) is 11.6 Å². The monoisotopic (exact) mass is 367 g/mol. The van der Waals surface area contributed by atoms with Gasteiger partial charge in [0.25, 0.3) is 5.91 Å². The lowest BCUT2D eigenvalue weighted by atomic mass is 10.1. The smallest absolute Gasteiger partial charge is 0.269 e. The SMILES string of the molecule is O=C(NCCCc1ccccc1)c1ccc(Nc2ccc(F)c(F)c2)cn1. The van der Waals surface area contributed by atoms with Gasteiger partial charge in [-0.3, -0.25) is 4.79 Å². The Morgan fingerprint density at radius 1 is 0.926 bits per heavy atom. The predicted octanol–water partition coefficient (Wildman–Crippen LogP) is 4.47. The summed E-state index contributed by atoms with van der Waals surface area (Å²) in [4.78, 5) is 16.2. The fourth-order valence-corrected chi connectivity index (χ4v) is 2.57. The fraction of sp³-hybridized carbons (Fsp3) is 0.143. The zero-order chi connectivity index (χ0) is 19.1. The summed E-state index contributed by atoms with van der Waals surface area (Å²) < 4.78 is 26.2. The molecule has 4 nitrogen and oxygen atoms in total. The van der Waals surface area contributed by atoms with Crippen molar-refractivity contribution in [2.45, 2.75) is 12.8 Å². The van der Waals surface area contributed by atoms with Gasteiger partial charge >= 0.3 is 0 Å². The normalized spacial score (nSPS) is 10.4. The van der Waals surface area contributed by atoms with Crippen LogP contribution in [0.1, 0.15) is 22.5 Å². The molecular weight excluding hydrogens is 348 g/mol. The van der Waals surface area contributed by atoms with E-state index in [9.17, 15) is 13.6 Å². The number of aromatic nitrogens is 1. The first-order chi connectivity index (χ1) is 13.1. The summed E-state index contributed by atoms with van der Waals surface area (Å²) in [5.41, 5.74) is 2.50. The van der Waals surface area contributed by atoms with E-state index < -0.39 is 11.6 Å². The highest BCUT2D eigenvalue weighted by atomic mass is 19.2. The van der Waals surface area contributed by atoms with Crippen LogP contribution < -0.4 is 10.6 Å². The van der Waals surface area contributed by atoms with Gasteiger partial charge in [0.1, 0.15) is 5.69 Å². The van der Waals surface area contributed by atoms with Crippen molar-refractivity contribution in [1.82, 2.24) is 10.3 Å². The van der Waals surface area contributed by atoms with Crippen LogP contribution in [0.4, 0.5) is 20.2 Å². The summed E-state index contributed by atoms with van der Waals surface area (Å²) in [5, 5.41) is 5.75. The topological polar surface area (TPSA) is 54.0 Å². The van der Waals surface area contributed by atoms with E-state index in [2.05, 4.69) is 27.8 Å². The highest BCUT2D eigenvalue weighted by Crippen LogP contribution is 2.18. The molecule has 0 radical (unpaired) electrons. The summed E-state index contributed by atoms with van der Waals surface area (Å²) in [6.45, 7) is 0.560. The highest BCUT2D eigenvalue weighted by molar-refractivity contribution is 5.92. The van der Waals surface area contributed by atoms with Gasteiger partial charge in [-0.1, -0.05) is 30.3 Å². The van der Waals surface area contributed by atoms with E-state index in [0.29, 0.717) is 23.6 Å². The van der Waals surface area contributed by atoms with Crippen molar-refractivity contribution >= 4 is 17.3 Å². The van der Waals surface area contributed by atoms with Crippen LogP contribution >= 0.6 is 0 Å². The molecule has 6 heteroatoms. The predicted molar refractivity (Wildman–Crippen MR) is 101 cm³/mol. The lowest BCUT2D eigenvalue weighted by Crippen LogP contribution is -2.25. The van der Waals surface area contributed by atoms with Gasteiger partial charge in [0.05, 0.1) is 11.9 Å². The minimum Gasteiger partial charge on any atom is -0.354 e. The van der Waals surface area contributed by atoms with Gasteiger partial charge in [0, 0.05) is 18.3 Å². The molecule has 0 saturated carbocycles. The summed E-state index contributed by atoms with van der Waals surface area (Å²) in [6.07, 6.45) is 3.21. The highest BCUT2D eigenvalue weighted by Gasteiger charge is 2.07. The Bertz CT molecular complexity index is 899. The maximum Gasteiger partial charge on any atom is 0.269 e. The molecule has 0 bridgehead atoms. The number of hydrogen-bond acceptors (Lipinski definition) is 3. The van der Waals surface area contributed by atoms with Crippen molar-refractivity contribution in [2.75, 3.05) is 11.9 Å². The number of carbonyl (C=O) groups is 1. The molecule has 1 heterocycles. The minimum atomic E-state index is -0.931. The molecule has 3 aromatic rings. The van der Waals surface area contributed by atoms with Crippen molar-refractivity contribution in [3.05, 3.63) is 89.8 Å². The summed E-state index contributed by atoms with van der Waals surface area (Å²) in [7, 11) is 0. The van der Waals surface area contributed by atoms with Gasteiger partial charge in [0.2, 0.25) is 0 Å². The van der Waals surface area contributed by atoms with Gasteiger partial charge in [0.15, 0.2) is 11.6 Å². The number of anilines is 2. The molecule has 0 spiro atoms. The second kappa shape index (κ2) is 8.89. The van der Waals surface area contributed by atoms with Crippen molar-refractivity contribution in [2.24, 2.45) is 0 Å². The van der Waals surface area contributed by atoms with Crippen LogP contribution in [0.2, 0.25) is 0 Å². The average molecular weight is 367 g/mol. The molecule has 27 heavy (non-hydrogen) atoms. The third-order valence-corrected chi connectivity index (χ3v) is 3.98. The lowest BCUT2D eigenvalue weighted by molar-refractivity contribution is 0.0948. The second-order valence-corrected chi connectivity index (χ2v) is 6.03. The van der Waals surface area contributed by atoms with E-state index in [1.165, 1.54) is 17.8 Å². The first-order valence-electron chi connectivity index (χ1n) is 8.62. The number of nitrogens with zero attached hydrogens (tertiary/aromatic N) is 1. The molecule has 3 rings (SSSR count). The third kappa shape index (κ3) is 5.34. The molecule has 1 amide bonds. The number of aryl methyl sites for hydroxylation is 1. The standard InChI is InChI=1S/C21H19F2N3O/c22-18-10-8-16(13-19(18)23)26-17-9-11-20(25-14-17)21(27)24-12-4-7-15-5-2-1-3-6-15/h1-3,5-6,8-11,13-14,26H,4,7,12H2,(H,24,27). The second-order valence-electron chi connectivity index (χ2n) is 6.03. The zero-order valence-corrected chi connectivity index (χ0v) is 14.6. The number of halogens is 2. The van der Waals surface area contributed by atoms with E-state index in [0.717, 1.165) is 25.0 Å². The van der Waals surface area contributed by atoms with E-state index in [-0.39, 0.29) is 5.91 Å². The van der Waals surface area contributed by atoms with Crippen LogP contribution in [-0.4, -0.2) is 17.4 Å². The summed E-state index contributed by atoms with van der Waals surface area (Å²) in [6, 6.07) is 16.8. The van der Waals surface area contributed by atoms with Crippen LogP contribution in [-0.2, 0) is 6.42 Å². The molecule has 2 aromatic carbocycles. The largest absolute Gasteiger partial charge is 0.354 e. The van der Waals surface area contributed by atoms with Crippen LogP contribution in [0.25, 0.3) is 0 Å². The zero-order valence-electron chi connectivity index (χ0n) is 14.6. The Labute approximate surface area is 156 Å². The number of amides is 1. The maximum absolute atomic E-state index is 13.2. The van der Waals surface area contributed by atoms with Gasteiger partial charge in [-0.15, -0.1) is 0 Å². The van der Waals surface area contributed by atoms with E-state index in [1.807, 2.05) is 18.2 Å². The number of nitrogens with one attached hydrogen (secondary N) is 2. The first kappa shape index (κ1) is 18.5. The molecule has 0 saturated heterocycles. The van der Waals surface area contributed by atoms with E-state index in [1.54, 1.807) is 12.1 Å². The third-order valence-electron chi connectivity index (χ3n) is 3.98. The Kier molecular flexibility index (Phi) is 6.10. The molecule has 0 aliphatic heterocycles. The molecular formula is C21H19F2N3O. The molecule has 0 unspecified atom stereocenters. The molecule has 1 aromatic heterocycles.